The summed E-state index contributed by atoms with van der Waals surface area (Å²) in [5, 5.41) is 25.9. The summed E-state index contributed by atoms with van der Waals surface area (Å²) in [6.07, 6.45) is 4.05. The lowest BCUT2D eigenvalue weighted by atomic mass is 10.1. The highest BCUT2D eigenvalue weighted by Crippen LogP contribution is 2.14. The Hall–Kier alpha value is -2.71. The third kappa shape index (κ3) is 1.72. The normalized spacial score (nSPS) is 7.79. The predicted molar refractivity (Wildman–Crippen MR) is 45.8 cm³/mol. The molecule has 0 spiro atoms. The molecule has 0 bridgehead atoms. The highest BCUT2D eigenvalue weighted by Gasteiger charge is 2.08. The second kappa shape index (κ2) is 4.35. The quantitative estimate of drug-likeness (QED) is 0.597. The molecule has 0 unspecified atom stereocenters. The fourth-order valence-electron chi connectivity index (χ4n) is 0.830. The van der Waals surface area contributed by atoms with Crippen molar-refractivity contribution in [2.75, 3.05) is 0 Å². The second-order valence-corrected chi connectivity index (χ2v) is 2.21. The number of nitrogens with zero attached hydrogens (tertiary/aromatic N) is 5. The van der Waals surface area contributed by atoms with E-state index < -0.39 is 0 Å². The molecule has 0 saturated heterocycles. The topological polar surface area (TPSA) is 97.2 Å². The van der Waals surface area contributed by atoms with Crippen molar-refractivity contribution in [1.29, 1.82) is 15.8 Å². The largest absolute Gasteiger partial charge is 0.244 e. The van der Waals surface area contributed by atoms with E-state index in [-0.39, 0.29) is 11.1 Å². The summed E-state index contributed by atoms with van der Waals surface area (Å²) in [5.74, 6) is 0. The minimum absolute atomic E-state index is 0.00407. The van der Waals surface area contributed by atoms with E-state index in [0.717, 1.165) is 0 Å². The number of hydrogen-bond acceptors (Lipinski definition) is 5. The number of hydrogen-bond donors (Lipinski definition) is 0. The Morgan fingerprint density at radius 1 is 1.00 bits per heavy atom. The Bertz CT molecular complexity index is 465. The first-order chi connectivity index (χ1) is 6.83. The van der Waals surface area contributed by atoms with E-state index in [1.165, 1.54) is 18.7 Å². The van der Waals surface area contributed by atoms with Crippen LogP contribution in [0.5, 0.6) is 0 Å². The van der Waals surface area contributed by atoms with Crippen molar-refractivity contribution in [3.63, 3.8) is 0 Å². The fraction of sp³-hybridized carbons (Fsp3) is 0. The third-order valence-electron chi connectivity index (χ3n) is 1.43. The van der Waals surface area contributed by atoms with Crippen LogP contribution in [0, 0.1) is 34.0 Å². The molecule has 1 heterocycles. The average Bonchev–Trinajstić information content (AvgIpc) is 2.27. The van der Waals surface area contributed by atoms with E-state index in [0.29, 0.717) is 5.56 Å². The van der Waals surface area contributed by atoms with Gasteiger partial charge in [0.1, 0.15) is 30.1 Å². The van der Waals surface area contributed by atoms with E-state index >= 15 is 0 Å². The van der Waals surface area contributed by atoms with E-state index in [1.54, 1.807) is 18.2 Å². The lowest BCUT2D eigenvalue weighted by molar-refractivity contribution is 1.15. The maximum Gasteiger partial charge on any atom is 0.148 e. The van der Waals surface area contributed by atoms with Gasteiger partial charge in [-0.05, 0) is 0 Å². The van der Waals surface area contributed by atoms with Crippen LogP contribution in [0.2, 0.25) is 0 Å². The first kappa shape index (κ1) is 9.38. The molecule has 0 radical (unpaired) electrons. The minimum atomic E-state index is -0.234. The zero-order valence-corrected chi connectivity index (χ0v) is 6.97. The molecule has 0 aliphatic heterocycles. The van der Waals surface area contributed by atoms with Crippen molar-refractivity contribution in [3.05, 3.63) is 29.9 Å². The van der Waals surface area contributed by atoms with Gasteiger partial charge >= 0.3 is 0 Å². The molecular formula is C9H3N5. The third-order valence-corrected chi connectivity index (χ3v) is 1.43. The Kier molecular flexibility index (Phi) is 2.91. The van der Waals surface area contributed by atoms with Gasteiger partial charge in [0.2, 0.25) is 0 Å². The molecule has 0 aliphatic carbocycles. The summed E-state index contributed by atoms with van der Waals surface area (Å²) >= 11 is 0. The number of allylic oxidation sites excluding steroid dienone is 2. The molecule has 5 nitrogen and oxygen atoms in total. The molecule has 0 fully saturated rings. The SMILES string of the molecule is N#CC(C#N)=C(C#N)c1cncnc1. The molecule has 0 N–H and O–H groups in total. The summed E-state index contributed by atoms with van der Waals surface area (Å²) in [6.45, 7) is 0. The van der Waals surface area contributed by atoms with Crippen LogP contribution in [0.25, 0.3) is 5.57 Å². The monoisotopic (exact) mass is 181 g/mol. The molecule has 5 heteroatoms. The van der Waals surface area contributed by atoms with Crippen LogP contribution < -0.4 is 0 Å². The van der Waals surface area contributed by atoms with Crippen molar-refractivity contribution >= 4 is 5.57 Å². The molecule has 1 aromatic rings. The lowest BCUT2D eigenvalue weighted by Crippen LogP contribution is -1.88. The summed E-state index contributed by atoms with van der Waals surface area (Å²) in [4.78, 5) is 7.38. The van der Waals surface area contributed by atoms with Gasteiger partial charge in [0.25, 0.3) is 0 Å². The number of rotatable bonds is 1. The summed E-state index contributed by atoms with van der Waals surface area (Å²) in [5.41, 5.74) is 0.131. The van der Waals surface area contributed by atoms with Crippen molar-refractivity contribution in [3.8, 4) is 18.2 Å². The Balaban J connectivity index is 3.36. The van der Waals surface area contributed by atoms with Gasteiger partial charge in [-0.25, -0.2) is 9.97 Å². The van der Waals surface area contributed by atoms with Gasteiger partial charge in [0.15, 0.2) is 0 Å². The summed E-state index contributed by atoms with van der Waals surface area (Å²) in [6, 6.07) is 5.06. The first-order valence-electron chi connectivity index (χ1n) is 3.53. The Morgan fingerprint density at radius 2 is 1.57 bits per heavy atom. The minimum Gasteiger partial charge on any atom is -0.244 e. The van der Waals surface area contributed by atoms with Gasteiger partial charge in [0, 0.05) is 18.0 Å². The molecule has 0 amide bonds. The number of aromatic nitrogens is 2. The van der Waals surface area contributed by atoms with Crippen LogP contribution in [0.1, 0.15) is 5.56 Å². The van der Waals surface area contributed by atoms with Crippen molar-refractivity contribution in [1.82, 2.24) is 9.97 Å². The van der Waals surface area contributed by atoms with Crippen LogP contribution in [0.4, 0.5) is 0 Å². The molecule has 14 heavy (non-hydrogen) atoms. The van der Waals surface area contributed by atoms with Gasteiger partial charge in [0.05, 0.1) is 5.57 Å². The highest BCUT2D eigenvalue weighted by atomic mass is 14.8. The van der Waals surface area contributed by atoms with E-state index in [2.05, 4.69) is 9.97 Å². The highest BCUT2D eigenvalue weighted by molar-refractivity contribution is 5.83. The smallest absolute Gasteiger partial charge is 0.148 e. The zero-order chi connectivity index (χ0) is 10.4. The van der Waals surface area contributed by atoms with Crippen LogP contribution >= 0.6 is 0 Å². The molecule has 1 aromatic heterocycles. The van der Waals surface area contributed by atoms with Crippen molar-refractivity contribution < 1.29 is 0 Å². The maximum atomic E-state index is 8.75. The number of nitriles is 3. The van der Waals surface area contributed by atoms with Crippen LogP contribution in [-0.2, 0) is 0 Å². The molecule has 0 atom stereocenters. The Morgan fingerprint density at radius 3 is 2.00 bits per heavy atom. The van der Waals surface area contributed by atoms with E-state index in [4.69, 9.17) is 15.8 Å². The van der Waals surface area contributed by atoms with Crippen LogP contribution in [0.3, 0.4) is 0 Å². The van der Waals surface area contributed by atoms with Gasteiger partial charge in [-0.15, -0.1) is 0 Å². The predicted octanol–water partition coefficient (Wildman–Crippen LogP) is 0.801. The molecule has 1 rings (SSSR count). The maximum absolute atomic E-state index is 8.75. The first-order valence-corrected chi connectivity index (χ1v) is 3.53. The van der Waals surface area contributed by atoms with Crippen molar-refractivity contribution in [2.24, 2.45) is 0 Å². The molecule has 0 aromatic carbocycles. The second-order valence-electron chi connectivity index (χ2n) is 2.21. The Labute approximate surface area is 80.2 Å². The van der Waals surface area contributed by atoms with E-state index in [9.17, 15) is 0 Å². The molecule has 64 valence electrons. The summed E-state index contributed by atoms with van der Waals surface area (Å²) < 4.78 is 0. The fourth-order valence-corrected chi connectivity index (χ4v) is 0.830. The standard InChI is InChI=1S/C9H3N5/c10-1-7(2-11)9(3-12)8-4-13-6-14-5-8/h4-6H. The van der Waals surface area contributed by atoms with Crippen LogP contribution in [-0.4, -0.2) is 9.97 Å². The lowest BCUT2D eigenvalue weighted by Gasteiger charge is -1.94. The van der Waals surface area contributed by atoms with Gasteiger partial charge < -0.3 is 0 Å². The summed E-state index contributed by atoms with van der Waals surface area (Å²) in [7, 11) is 0. The van der Waals surface area contributed by atoms with Crippen LogP contribution in [0.15, 0.2) is 24.3 Å². The molecule has 0 aliphatic rings. The average molecular weight is 181 g/mol. The molecule has 0 saturated carbocycles. The van der Waals surface area contributed by atoms with Crippen molar-refractivity contribution in [2.45, 2.75) is 0 Å². The molecular weight excluding hydrogens is 178 g/mol. The van der Waals surface area contributed by atoms with E-state index in [1.807, 2.05) is 0 Å². The van der Waals surface area contributed by atoms with Gasteiger partial charge in [-0.3, -0.25) is 0 Å². The van der Waals surface area contributed by atoms with Gasteiger partial charge in [-0.2, -0.15) is 15.8 Å². The van der Waals surface area contributed by atoms with Gasteiger partial charge in [-0.1, -0.05) is 0 Å². The zero-order valence-electron chi connectivity index (χ0n) is 6.97.